The van der Waals surface area contributed by atoms with E-state index in [1.165, 1.54) is 11.3 Å². The summed E-state index contributed by atoms with van der Waals surface area (Å²) in [5, 5.41) is 13.6. The summed E-state index contributed by atoms with van der Waals surface area (Å²) in [6.45, 7) is 2.51. The lowest BCUT2D eigenvalue weighted by molar-refractivity contribution is -0.136. The Morgan fingerprint density at radius 1 is 1.27 bits per heavy atom. The fraction of sp³-hybridized carbons (Fsp3) is 0.176. The summed E-state index contributed by atoms with van der Waals surface area (Å²) in [5.74, 6) is -0.0998. The van der Waals surface area contributed by atoms with Crippen LogP contribution in [0.4, 0.5) is 0 Å². The summed E-state index contributed by atoms with van der Waals surface area (Å²) in [5.41, 5.74) is 1.50. The first-order valence-corrected chi connectivity index (χ1v) is 7.88. The molecule has 0 fully saturated rings. The van der Waals surface area contributed by atoms with Gasteiger partial charge < -0.3 is 9.84 Å². The van der Waals surface area contributed by atoms with Crippen LogP contribution in [0.25, 0.3) is 21.3 Å². The lowest BCUT2D eigenvalue weighted by Gasteiger charge is -2.11. The van der Waals surface area contributed by atoms with E-state index in [0.717, 1.165) is 27.1 Å². The Kier molecular flexibility index (Phi) is 4.06. The molecule has 1 N–H and O–H groups in total. The van der Waals surface area contributed by atoms with Crippen molar-refractivity contribution in [3.63, 3.8) is 0 Å². The van der Waals surface area contributed by atoms with Gasteiger partial charge in [-0.2, -0.15) is 0 Å². The smallest absolute Gasteiger partial charge is 0.309 e. The van der Waals surface area contributed by atoms with Crippen molar-refractivity contribution in [3.8, 4) is 16.3 Å². The summed E-state index contributed by atoms with van der Waals surface area (Å²) in [6, 6.07) is 12.0. The molecule has 0 saturated heterocycles. The highest BCUT2D eigenvalue weighted by atomic mass is 32.1. The van der Waals surface area contributed by atoms with Gasteiger partial charge in [0.15, 0.2) is 0 Å². The molecule has 1 aromatic heterocycles. The predicted molar refractivity (Wildman–Crippen MR) is 87.6 cm³/mol. The molecule has 0 amide bonds. The minimum absolute atomic E-state index is 0.0643. The fourth-order valence-corrected chi connectivity index (χ4v) is 3.29. The van der Waals surface area contributed by atoms with Crippen molar-refractivity contribution in [2.75, 3.05) is 6.61 Å². The van der Waals surface area contributed by atoms with E-state index in [1.54, 1.807) is 5.38 Å². The van der Waals surface area contributed by atoms with Crippen LogP contribution in [0.1, 0.15) is 12.6 Å². The van der Waals surface area contributed by atoms with E-state index < -0.39 is 5.97 Å². The number of carbonyl (C=O) groups is 1. The number of fused-ring (bicyclic) bond motifs is 1. The number of ether oxygens (including phenoxy) is 1. The molecule has 0 saturated carbocycles. The number of hydrogen-bond acceptors (Lipinski definition) is 4. The van der Waals surface area contributed by atoms with Crippen LogP contribution in [0.3, 0.4) is 0 Å². The van der Waals surface area contributed by atoms with Gasteiger partial charge in [-0.3, -0.25) is 4.79 Å². The number of carboxylic acids is 1. The van der Waals surface area contributed by atoms with Crippen molar-refractivity contribution in [3.05, 3.63) is 47.5 Å². The zero-order chi connectivity index (χ0) is 15.5. The molecule has 0 radical (unpaired) electrons. The Morgan fingerprint density at radius 3 is 2.86 bits per heavy atom. The first-order chi connectivity index (χ1) is 10.7. The number of benzene rings is 2. The van der Waals surface area contributed by atoms with Gasteiger partial charge in [0.2, 0.25) is 0 Å². The van der Waals surface area contributed by atoms with Crippen LogP contribution in [0.5, 0.6) is 5.75 Å². The molecule has 0 spiro atoms. The second kappa shape index (κ2) is 6.15. The normalized spacial score (nSPS) is 10.8. The molecule has 0 aliphatic carbocycles. The summed E-state index contributed by atoms with van der Waals surface area (Å²) >= 11 is 1.45. The van der Waals surface area contributed by atoms with Crippen molar-refractivity contribution >= 4 is 28.1 Å². The van der Waals surface area contributed by atoms with Gasteiger partial charge in [-0.15, -0.1) is 11.3 Å². The molecular formula is C17H15NO3S. The number of nitrogens with zero attached hydrogens (tertiary/aromatic N) is 1. The SMILES string of the molecule is CCOc1ccc2ccccc2c1-c1nc(CC(=O)O)cs1. The average molecular weight is 313 g/mol. The molecule has 3 aromatic rings. The molecule has 0 aliphatic heterocycles. The zero-order valence-corrected chi connectivity index (χ0v) is 12.9. The largest absolute Gasteiger partial charge is 0.493 e. The maximum Gasteiger partial charge on any atom is 0.309 e. The van der Waals surface area contributed by atoms with Gasteiger partial charge in [-0.05, 0) is 23.8 Å². The zero-order valence-electron chi connectivity index (χ0n) is 12.1. The van der Waals surface area contributed by atoms with Crippen LogP contribution in [-0.2, 0) is 11.2 Å². The van der Waals surface area contributed by atoms with E-state index in [2.05, 4.69) is 4.98 Å². The van der Waals surface area contributed by atoms with Crippen LogP contribution in [-0.4, -0.2) is 22.7 Å². The lowest BCUT2D eigenvalue weighted by atomic mass is 10.0. The minimum Gasteiger partial charge on any atom is -0.493 e. The molecule has 0 unspecified atom stereocenters. The van der Waals surface area contributed by atoms with Gasteiger partial charge in [-0.25, -0.2) is 4.98 Å². The second-order valence-corrected chi connectivity index (χ2v) is 5.67. The number of carboxylic acid groups (broad SMARTS) is 1. The van der Waals surface area contributed by atoms with Crippen molar-refractivity contribution in [1.82, 2.24) is 4.98 Å². The number of aliphatic carboxylic acids is 1. The first-order valence-electron chi connectivity index (χ1n) is 7.00. The van der Waals surface area contributed by atoms with E-state index in [9.17, 15) is 4.79 Å². The Bertz CT molecular complexity index is 826. The molecule has 112 valence electrons. The Labute approximate surface area is 132 Å². The van der Waals surface area contributed by atoms with E-state index in [-0.39, 0.29) is 6.42 Å². The van der Waals surface area contributed by atoms with Gasteiger partial charge in [0.05, 0.1) is 24.3 Å². The Balaban J connectivity index is 2.16. The summed E-state index contributed by atoms with van der Waals surface area (Å²) in [7, 11) is 0. The molecule has 0 aliphatic rings. The highest BCUT2D eigenvalue weighted by molar-refractivity contribution is 7.13. The monoisotopic (exact) mass is 313 g/mol. The fourth-order valence-electron chi connectivity index (χ4n) is 2.41. The van der Waals surface area contributed by atoms with Crippen LogP contribution in [0.2, 0.25) is 0 Å². The molecule has 1 heterocycles. The summed E-state index contributed by atoms with van der Waals surface area (Å²) in [4.78, 5) is 15.3. The topological polar surface area (TPSA) is 59.4 Å². The Morgan fingerprint density at radius 2 is 2.09 bits per heavy atom. The third kappa shape index (κ3) is 2.80. The molecule has 4 nitrogen and oxygen atoms in total. The summed E-state index contributed by atoms with van der Waals surface area (Å²) < 4.78 is 5.74. The second-order valence-electron chi connectivity index (χ2n) is 4.81. The average Bonchev–Trinajstić information content (AvgIpc) is 2.94. The van der Waals surface area contributed by atoms with E-state index in [1.807, 2.05) is 43.3 Å². The van der Waals surface area contributed by atoms with Crippen molar-refractivity contribution in [1.29, 1.82) is 0 Å². The first kappa shape index (κ1) is 14.5. The van der Waals surface area contributed by atoms with Gasteiger partial charge in [0.1, 0.15) is 10.8 Å². The lowest BCUT2D eigenvalue weighted by Crippen LogP contribution is -2.00. The maximum atomic E-state index is 10.8. The molecule has 5 heteroatoms. The van der Waals surface area contributed by atoms with E-state index in [4.69, 9.17) is 9.84 Å². The third-order valence-electron chi connectivity index (χ3n) is 3.29. The summed E-state index contributed by atoms with van der Waals surface area (Å²) in [6.07, 6.45) is -0.0643. The van der Waals surface area contributed by atoms with Crippen molar-refractivity contribution in [2.45, 2.75) is 13.3 Å². The van der Waals surface area contributed by atoms with Crippen LogP contribution >= 0.6 is 11.3 Å². The molecule has 3 rings (SSSR count). The minimum atomic E-state index is -0.875. The number of hydrogen-bond donors (Lipinski definition) is 1. The highest BCUT2D eigenvalue weighted by Crippen LogP contribution is 2.38. The van der Waals surface area contributed by atoms with Crippen molar-refractivity contribution < 1.29 is 14.6 Å². The van der Waals surface area contributed by atoms with Crippen LogP contribution < -0.4 is 4.74 Å². The van der Waals surface area contributed by atoms with Gasteiger partial charge >= 0.3 is 5.97 Å². The molecule has 22 heavy (non-hydrogen) atoms. The molecule has 0 atom stereocenters. The quantitative estimate of drug-likeness (QED) is 0.774. The number of aromatic nitrogens is 1. The van der Waals surface area contributed by atoms with Gasteiger partial charge in [0, 0.05) is 5.38 Å². The van der Waals surface area contributed by atoms with Gasteiger partial charge in [0.25, 0.3) is 0 Å². The van der Waals surface area contributed by atoms with E-state index >= 15 is 0 Å². The highest BCUT2D eigenvalue weighted by Gasteiger charge is 2.15. The number of rotatable bonds is 5. The Hall–Kier alpha value is -2.40. The molecule has 0 bridgehead atoms. The molecule has 2 aromatic carbocycles. The van der Waals surface area contributed by atoms with Gasteiger partial charge in [-0.1, -0.05) is 30.3 Å². The predicted octanol–water partition coefficient (Wildman–Crippen LogP) is 3.99. The number of thiazole rings is 1. The third-order valence-corrected chi connectivity index (χ3v) is 4.20. The van der Waals surface area contributed by atoms with Crippen LogP contribution in [0, 0.1) is 0 Å². The molecular weight excluding hydrogens is 298 g/mol. The maximum absolute atomic E-state index is 10.8. The van der Waals surface area contributed by atoms with Crippen LogP contribution in [0.15, 0.2) is 41.8 Å². The standard InChI is InChI=1S/C17H15NO3S/c1-2-21-14-8-7-11-5-3-4-6-13(11)16(14)17-18-12(10-22-17)9-15(19)20/h3-8,10H,2,9H2,1H3,(H,19,20). The van der Waals surface area contributed by atoms with Crippen molar-refractivity contribution in [2.24, 2.45) is 0 Å². The van der Waals surface area contributed by atoms with E-state index in [0.29, 0.717) is 12.3 Å².